The Bertz CT molecular complexity index is 388. The third kappa shape index (κ3) is 5.86. The normalized spacial score (nSPS) is 16.8. The van der Waals surface area contributed by atoms with E-state index in [2.05, 4.69) is 43.4 Å². The fourth-order valence-electron chi connectivity index (χ4n) is 2.38. The van der Waals surface area contributed by atoms with Crippen molar-refractivity contribution >= 4 is 11.8 Å². The molecular weight excluding hydrogens is 266 g/mol. The van der Waals surface area contributed by atoms with Gasteiger partial charge in [-0.05, 0) is 48.9 Å². The number of ether oxygens (including phenoxy) is 1. The lowest BCUT2D eigenvalue weighted by atomic mass is 10.0. The summed E-state index contributed by atoms with van der Waals surface area (Å²) < 4.78 is 5.42. The Balaban J connectivity index is 1.76. The van der Waals surface area contributed by atoms with E-state index < -0.39 is 0 Å². The first-order valence-corrected chi connectivity index (χ1v) is 8.73. The summed E-state index contributed by atoms with van der Waals surface area (Å²) in [7, 11) is 0. The highest BCUT2D eigenvalue weighted by atomic mass is 32.2. The lowest BCUT2D eigenvalue weighted by molar-refractivity contribution is 0.0728. The van der Waals surface area contributed by atoms with Crippen molar-refractivity contribution in [1.29, 1.82) is 0 Å². The zero-order valence-electron chi connectivity index (χ0n) is 12.7. The molecule has 0 bridgehead atoms. The molecule has 1 N–H and O–H groups in total. The fourth-order valence-corrected chi connectivity index (χ4v) is 3.55. The van der Waals surface area contributed by atoms with E-state index in [-0.39, 0.29) is 0 Å². The molecule has 1 aromatic carbocycles. The molecule has 1 saturated heterocycles. The van der Waals surface area contributed by atoms with E-state index in [4.69, 9.17) is 4.74 Å². The van der Waals surface area contributed by atoms with Crippen LogP contribution in [-0.4, -0.2) is 25.5 Å². The first kappa shape index (κ1) is 15.9. The van der Waals surface area contributed by atoms with Crippen LogP contribution >= 0.6 is 11.8 Å². The average molecular weight is 293 g/mol. The van der Waals surface area contributed by atoms with Gasteiger partial charge in [0.15, 0.2) is 0 Å². The largest absolute Gasteiger partial charge is 0.381 e. The van der Waals surface area contributed by atoms with Gasteiger partial charge in [-0.2, -0.15) is 0 Å². The van der Waals surface area contributed by atoms with Gasteiger partial charge in [-0.25, -0.2) is 0 Å². The molecule has 0 atom stereocenters. The first-order valence-electron chi connectivity index (χ1n) is 7.74. The Kier molecular flexibility index (Phi) is 6.91. The molecule has 20 heavy (non-hydrogen) atoms. The molecule has 2 nitrogen and oxygen atoms in total. The van der Waals surface area contributed by atoms with Crippen molar-refractivity contribution in [3.05, 3.63) is 29.8 Å². The van der Waals surface area contributed by atoms with Crippen LogP contribution in [0.25, 0.3) is 0 Å². The smallest absolute Gasteiger partial charge is 0.0468 e. The fraction of sp³-hybridized carbons (Fsp3) is 0.647. The summed E-state index contributed by atoms with van der Waals surface area (Å²) in [4.78, 5) is 1.40. The average Bonchev–Trinajstić information content (AvgIpc) is 2.46. The van der Waals surface area contributed by atoms with E-state index in [9.17, 15) is 0 Å². The Hall–Kier alpha value is -0.510. The van der Waals surface area contributed by atoms with E-state index in [1.165, 1.54) is 29.1 Å². The molecule has 0 aromatic heterocycles. The van der Waals surface area contributed by atoms with Gasteiger partial charge >= 0.3 is 0 Å². The quantitative estimate of drug-likeness (QED) is 0.769. The van der Waals surface area contributed by atoms with Crippen molar-refractivity contribution < 1.29 is 4.74 Å². The van der Waals surface area contributed by atoms with Gasteiger partial charge in [0, 0.05) is 30.4 Å². The number of hydrogen-bond acceptors (Lipinski definition) is 3. The van der Waals surface area contributed by atoms with Gasteiger partial charge < -0.3 is 10.1 Å². The van der Waals surface area contributed by atoms with Gasteiger partial charge in [0.25, 0.3) is 0 Å². The van der Waals surface area contributed by atoms with Gasteiger partial charge in [-0.15, -0.1) is 11.8 Å². The van der Waals surface area contributed by atoms with Crippen LogP contribution in [0.15, 0.2) is 29.2 Å². The van der Waals surface area contributed by atoms with Crippen LogP contribution in [0.5, 0.6) is 0 Å². The van der Waals surface area contributed by atoms with Crippen LogP contribution in [0.3, 0.4) is 0 Å². The lowest BCUT2D eigenvalue weighted by Gasteiger charge is -2.21. The molecule has 2 rings (SSSR count). The highest BCUT2D eigenvalue weighted by Crippen LogP contribution is 2.26. The van der Waals surface area contributed by atoms with Gasteiger partial charge in [0.1, 0.15) is 0 Å². The molecule has 1 heterocycles. The highest BCUT2D eigenvalue weighted by molar-refractivity contribution is 7.99. The van der Waals surface area contributed by atoms with Crippen LogP contribution in [0.2, 0.25) is 0 Å². The molecule has 0 saturated carbocycles. The van der Waals surface area contributed by atoms with Gasteiger partial charge in [-0.3, -0.25) is 0 Å². The lowest BCUT2D eigenvalue weighted by Crippen LogP contribution is -2.19. The molecule has 0 amide bonds. The zero-order valence-corrected chi connectivity index (χ0v) is 13.5. The maximum absolute atomic E-state index is 5.42. The van der Waals surface area contributed by atoms with Crippen LogP contribution in [0, 0.1) is 11.8 Å². The molecule has 1 fully saturated rings. The molecule has 1 aliphatic rings. The predicted molar refractivity (Wildman–Crippen MR) is 87.3 cm³/mol. The molecule has 0 unspecified atom stereocenters. The molecular formula is C17H27NOS. The molecule has 0 spiro atoms. The van der Waals surface area contributed by atoms with E-state index in [1.54, 1.807) is 0 Å². The molecule has 3 heteroatoms. The maximum atomic E-state index is 5.42. The van der Waals surface area contributed by atoms with Crippen molar-refractivity contribution in [2.45, 2.75) is 38.1 Å². The Morgan fingerprint density at radius 1 is 1.30 bits per heavy atom. The maximum Gasteiger partial charge on any atom is 0.0468 e. The minimum atomic E-state index is 0.709. The number of nitrogens with one attached hydrogen (secondary N) is 1. The summed E-state index contributed by atoms with van der Waals surface area (Å²) in [6.45, 7) is 8.44. The second-order valence-corrected chi connectivity index (χ2v) is 7.13. The van der Waals surface area contributed by atoms with Crippen molar-refractivity contribution in [2.24, 2.45) is 11.8 Å². The number of benzene rings is 1. The molecule has 0 aliphatic carbocycles. The van der Waals surface area contributed by atoms with E-state index in [0.29, 0.717) is 5.92 Å². The van der Waals surface area contributed by atoms with Crippen LogP contribution in [0.4, 0.5) is 0 Å². The van der Waals surface area contributed by atoms with Crippen LogP contribution < -0.4 is 5.32 Å². The summed E-state index contributed by atoms with van der Waals surface area (Å²) in [6, 6.07) is 8.96. The summed E-state index contributed by atoms with van der Waals surface area (Å²) in [5.74, 6) is 2.77. The number of thioether (sulfide) groups is 1. The summed E-state index contributed by atoms with van der Waals surface area (Å²) in [6.07, 6.45) is 2.45. The van der Waals surface area contributed by atoms with Crippen molar-refractivity contribution in [3.8, 4) is 0 Å². The van der Waals surface area contributed by atoms with E-state index in [0.717, 1.165) is 32.2 Å². The third-order valence-corrected chi connectivity index (χ3v) is 4.83. The highest BCUT2D eigenvalue weighted by Gasteiger charge is 2.13. The summed E-state index contributed by atoms with van der Waals surface area (Å²) >= 11 is 2.00. The topological polar surface area (TPSA) is 21.3 Å². The van der Waals surface area contributed by atoms with Crippen molar-refractivity contribution in [1.82, 2.24) is 5.32 Å². The minimum absolute atomic E-state index is 0.709. The SMILES string of the molecule is CC(C)CNCc1cccc(SCC2CCOCC2)c1. The minimum Gasteiger partial charge on any atom is -0.381 e. The molecule has 112 valence electrons. The Labute approximate surface area is 127 Å². The van der Waals surface area contributed by atoms with E-state index >= 15 is 0 Å². The third-order valence-electron chi connectivity index (χ3n) is 3.61. The number of hydrogen-bond donors (Lipinski definition) is 1. The van der Waals surface area contributed by atoms with Gasteiger partial charge in [-0.1, -0.05) is 26.0 Å². The summed E-state index contributed by atoms with van der Waals surface area (Å²) in [5, 5.41) is 3.51. The van der Waals surface area contributed by atoms with Gasteiger partial charge in [0.2, 0.25) is 0 Å². The Morgan fingerprint density at radius 3 is 2.85 bits per heavy atom. The Morgan fingerprint density at radius 2 is 2.10 bits per heavy atom. The van der Waals surface area contributed by atoms with Crippen molar-refractivity contribution in [2.75, 3.05) is 25.5 Å². The summed E-state index contributed by atoms with van der Waals surface area (Å²) in [5.41, 5.74) is 1.39. The van der Waals surface area contributed by atoms with Crippen LogP contribution in [0.1, 0.15) is 32.3 Å². The first-order chi connectivity index (χ1) is 9.74. The molecule has 1 aliphatic heterocycles. The predicted octanol–water partition coefficient (Wildman–Crippen LogP) is 3.95. The van der Waals surface area contributed by atoms with Gasteiger partial charge in [0.05, 0.1) is 0 Å². The monoisotopic (exact) mass is 293 g/mol. The second kappa shape index (κ2) is 8.71. The van der Waals surface area contributed by atoms with Crippen LogP contribution in [-0.2, 0) is 11.3 Å². The zero-order chi connectivity index (χ0) is 14.2. The standard InChI is InChI=1S/C17H27NOS/c1-14(2)11-18-12-16-4-3-5-17(10-16)20-13-15-6-8-19-9-7-15/h3-5,10,14-15,18H,6-9,11-13H2,1-2H3. The molecule has 0 radical (unpaired) electrons. The molecule has 1 aromatic rings. The van der Waals surface area contributed by atoms with E-state index in [1.807, 2.05) is 11.8 Å². The number of rotatable bonds is 7. The van der Waals surface area contributed by atoms with Crippen molar-refractivity contribution in [3.63, 3.8) is 0 Å². The second-order valence-electron chi connectivity index (χ2n) is 6.04.